The van der Waals surface area contributed by atoms with Crippen LogP contribution in [0.1, 0.15) is 18.4 Å². The topological polar surface area (TPSA) is 113 Å². The minimum atomic E-state index is -3.74. The molecule has 8 nitrogen and oxygen atoms in total. The Balaban J connectivity index is 1.57. The Hall–Kier alpha value is -2.50. The van der Waals surface area contributed by atoms with Crippen LogP contribution < -0.4 is 10.0 Å². The maximum Gasteiger partial charge on any atom is 0.243 e. The lowest BCUT2D eigenvalue weighted by atomic mass is 9.97. The quantitative estimate of drug-likeness (QED) is 0.643. The minimum Gasteiger partial charge on any atom is -0.352 e. The Morgan fingerprint density at radius 3 is 2.26 bits per heavy atom. The van der Waals surface area contributed by atoms with Crippen LogP contribution in [0.15, 0.2) is 53.4 Å². The Morgan fingerprint density at radius 2 is 1.65 bits per heavy atom. The molecule has 2 N–H and O–H groups in total. The summed E-state index contributed by atoms with van der Waals surface area (Å²) >= 11 is 0. The van der Waals surface area contributed by atoms with E-state index in [1.54, 1.807) is 24.3 Å². The summed E-state index contributed by atoms with van der Waals surface area (Å²) in [6.45, 7) is 0.514. The molecule has 0 aliphatic carbocycles. The normalized spacial score (nSPS) is 16.1. The maximum atomic E-state index is 13.1. The molecule has 11 heteroatoms. The van der Waals surface area contributed by atoms with Crippen molar-refractivity contribution in [3.63, 3.8) is 0 Å². The second-order valence-corrected chi connectivity index (χ2v) is 11.1. The third-order valence-corrected chi connectivity index (χ3v) is 7.55. The van der Waals surface area contributed by atoms with Gasteiger partial charge in [0.25, 0.3) is 0 Å². The number of carbonyl (C=O) groups excluding carboxylic acids is 1. The smallest absolute Gasteiger partial charge is 0.243 e. The first-order valence-electron chi connectivity index (χ1n) is 9.65. The number of rotatable bonds is 7. The molecule has 1 aliphatic rings. The van der Waals surface area contributed by atoms with Gasteiger partial charge in [0, 0.05) is 25.6 Å². The lowest BCUT2D eigenvalue weighted by molar-refractivity contribution is -0.126. The molecule has 0 aromatic heterocycles. The summed E-state index contributed by atoms with van der Waals surface area (Å²) in [4.78, 5) is 12.6. The highest BCUT2D eigenvalue weighted by Gasteiger charge is 2.32. The van der Waals surface area contributed by atoms with Gasteiger partial charge in [0.15, 0.2) is 0 Å². The summed E-state index contributed by atoms with van der Waals surface area (Å²) in [5, 5.41) is 2.80. The van der Waals surface area contributed by atoms with E-state index in [0.29, 0.717) is 24.1 Å². The molecule has 3 rings (SSSR count). The summed E-state index contributed by atoms with van der Waals surface area (Å²) in [6.07, 6.45) is 1.77. The molecule has 2 aromatic carbocycles. The van der Waals surface area contributed by atoms with E-state index in [1.807, 2.05) is 0 Å². The molecule has 1 heterocycles. The van der Waals surface area contributed by atoms with Crippen molar-refractivity contribution < 1.29 is 26.0 Å². The number of para-hydroxylation sites is 1. The third-order valence-electron chi connectivity index (χ3n) is 5.04. The van der Waals surface area contributed by atoms with Crippen molar-refractivity contribution >= 4 is 31.6 Å². The zero-order chi connectivity index (χ0) is 22.6. The van der Waals surface area contributed by atoms with Crippen LogP contribution in [-0.2, 0) is 31.4 Å². The second-order valence-electron chi connectivity index (χ2n) is 7.38. The molecular formula is C20H24FN3O5S2. The molecule has 0 unspecified atom stereocenters. The fourth-order valence-electron chi connectivity index (χ4n) is 3.41. The lowest BCUT2D eigenvalue weighted by Crippen LogP contribution is -2.42. The number of nitrogens with zero attached hydrogens (tertiary/aromatic N) is 1. The summed E-state index contributed by atoms with van der Waals surface area (Å²) in [6, 6.07) is 11.4. The first-order chi connectivity index (χ1) is 14.6. The number of benzene rings is 2. The summed E-state index contributed by atoms with van der Waals surface area (Å²) in [7, 11) is -7.19. The van der Waals surface area contributed by atoms with Crippen LogP contribution in [0.5, 0.6) is 0 Å². The van der Waals surface area contributed by atoms with Crippen molar-refractivity contribution in [2.75, 3.05) is 24.1 Å². The maximum absolute atomic E-state index is 13.1. The van der Waals surface area contributed by atoms with Gasteiger partial charge in [-0.2, -0.15) is 4.31 Å². The van der Waals surface area contributed by atoms with Gasteiger partial charge in [-0.1, -0.05) is 18.2 Å². The first-order valence-corrected chi connectivity index (χ1v) is 13.0. The highest BCUT2D eigenvalue weighted by molar-refractivity contribution is 7.92. The van der Waals surface area contributed by atoms with E-state index in [0.717, 1.165) is 18.4 Å². The van der Waals surface area contributed by atoms with Crippen LogP contribution in [0.2, 0.25) is 0 Å². The number of piperidine rings is 1. The Morgan fingerprint density at radius 1 is 1.03 bits per heavy atom. The third kappa shape index (κ3) is 6.02. The molecule has 2 aromatic rings. The van der Waals surface area contributed by atoms with Crippen molar-refractivity contribution in [2.45, 2.75) is 24.3 Å². The summed E-state index contributed by atoms with van der Waals surface area (Å²) in [5.41, 5.74) is 1.02. The highest BCUT2D eigenvalue weighted by Crippen LogP contribution is 2.24. The van der Waals surface area contributed by atoms with E-state index >= 15 is 0 Å². The largest absolute Gasteiger partial charge is 0.352 e. The molecule has 1 fully saturated rings. The molecule has 168 valence electrons. The van der Waals surface area contributed by atoms with Gasteiger partial charge in [-0.15, -0.1) is 0 Å². The van der Waals surface area contributed by atoms with Gasteiger partial charge < -0.3 is 5.32 Å². The van der Waals surface area contributed by atoms with Gasteiger partial charge in [0.05, 0.1) is 16.8 Å². The van der Waals surface area contributed by atoms with Gasteiger partial charge in [-0.25, -0.2) is 21.2 Å². The minimum absolute atomic E-state index is 0.0202. The standard InChI is InChI=1S/C20H24FN3O5S2/c1-30(26,27)23-19-5-3-2-4-16(19)14-22-20(25)15-10-12-24(13-11-15)31(28,29)18-8-6-17(21)7-9-18/h2-9,15,23H,10-14H2,1H3,(H,22,25). The first kappa shape index (κ1) is 23.2. The Bertz CT molecular complexity index is 1140. The number of sulfonamides is 2. The molecule has 0 spiro atoms. The number of amides is 1. The second kappa shape index (κ2) is 9.33. The zero-order valence-electron chi connectivity index (χ0n) is 16.9. The lowest BCUT2D eigenvalue weighted by Gasteiger charge is -2.30. The van der Waals surface area contributed by atoms with Crippen LogP contribution in [0, 0.1) is 11.7 Å². The molecule has 0 atom stereocenters. The van der Waals surface area contributed by atoms with Gasteiger partial charge in [0.2, 0.25) is 26.0 Å². The average molecular weight is 470 g/mol. The SMILES string of the molecule is CS(=O)(=O)Nc1ccccc1CNC(=O)C1CCN(S(=O)(=O)c2ccc(F)cc2)CC1. The molecule has 1 amide bonds. The zero-order valence-corrected chi connectivity index (χ0v) is 18.5. The molecule has 0 saturated carbocycles. The van der Waals surface area contributed by atoms with E-state index in [4.69, 9.17) is 0 Å². The molecule has 31 heavy (non-hydrogen) atoms. The average Bonchev–Trinajstić information content (AvgIpc) is 2.72. The van der Waals surface area contributed by atoms with E-state index < -0.39 is 25.9 Å². The molecular weight excluding hydrogens is 445 g/mol. The number of carbonyl (C=O) groups is 1. The van der Waals surface area contributed by atoms with Crippen molar-refractivity contribution in [2.24, 2.45) is 5.92 Å². The predicted octanol–water partition coefficient (Wildman–Crippen LogP) is 1.91. The molecule has 1 saturated heterocycles. The summed E-state index contributed by atoms with van der Waals surface area (Å²) < 4.78 is 65.2. The van der Waals surface area contributed by atoms with Crippen LogP contribution >= 0.6 is 0 Å². The van der Waals surface area contributed by atoms with E-state index in [2.05, 4.69) is 10.0 Å². The Kier molecular flexibility index (Phi) is 6.97. The van der Waals surface area contributed by atoms with Gasteiger partial charge in [0.1, 0.15) is 5.82 Å². The van der Waals surface area contributed by atoms with Crippen LogP contribution in [0.25, 0.3) is 0 Å². The number of anilines is 1. The number of hydrogen-bond acceptors (Lipinski definition) is 5. The van der Waals surface area contributed by atoms with E-state index in [-0.39, 0.29) is 36.4 Å². The van der Waals surface area contributed by atoms with Crippen LogP contribution in [-0.4, -0.2) is 46.4 Å². The van der Waals surface area contributed by atoms with Crippen molar-refractivity contribution in [1.82, 2.24) is 9.62 Å². The molecule has 1 aliphatic heterocycles. The number of nitrogens with one attached hydrogen (secondary N) is 2. The van der Waals surface area contributed by atoms with Crippen LogP contribution in [0.4, 0.5) is 10.1 Å². The van der Waals surface area contributed by atoms with Gasteiger partial charge >= 0.3 is 0 Å². The van der Waals surface area contributed by atoms with Crippen molar-refractivity contribution in [3.05, 3.63) is 59.9 Å². The van der Waals surface area contributed by atoms with Crippen molar-refractivity contribution in [1.29, 1.82) is 0 Å². The van der Waals surface area contributed by atoms with E-state index in [9.17, 15) is 26.0 Å². The highest BCUT2D eigenvalue weighted by atomic mass is 32.2. The number of hydrogen-bond donors (Lipinski definition) is 2. The van der Waals surface area contributed by atoms with E-state index in [1.165, 1.54) is 16.4 Å². The predicted molar refractivity (Wildman–Crippen MR) is 115 cm³/mol. The van der Waals surface area contributed by atoms with Crippen molar-refractivity contribution in [3.8, 4) is 0 Å². The fourth-order valence-corrected chi connectivity index (χ4v) is 5.48. The molecule has 0 radical (unpaired) electrons. The van der Waals surface area contributed by atoms with Crippen LogP contribution in [0.3, 0.4) is 0 Å². The monoisotopic (exact) mass is 469 g/mol. The fraction of sp³-hybridized carbons (Fsp3) is 0.350. The summed E-state index contributed by atoms with van der Waals surface area (Å²) in [5.74, 6) is -1.08. The molecule has 0 bridgehead atoms. The number of halogens is 1. The van der Waals surface area contributed by atoms with Gasteiger partial charge in [-0.3, -0.25) is 9.52 Å². The van der Waals surface area contributed by atoms with Gasteiger partial charge in [-0.05, 0) is 48.7 Å². The Labute approximate surface area is 181 Å².